The van der Waals surface area contributed by atoms with Gasteiger partial charge in [-0.2, -0.15) is 0 Å². The van der Waals surface area contributed by atoms with Crippen LogP contribution in [0.15, 0.2) is 24.3 Å². The van der Waals surface area contributed by atoms with Gasteiger partial charge in [-0.15, -0.1) is 0 Å². The van der Waals surface area contributed by atoms with E-state index in [0.717, 1.165) is 38.8 Å². The summed E-state index contributed by atoms with van der Waals surface area (Å²) in [4.78, 5) is 57.0. The normalized spacial score (nSPS) is 20.3. The Hall–Kier alpha value is -1.80. The van der Waals surface area contributed by atoms with Crippen LogP contribution in [0.25, 0.3) is 0 Å². The van der Waals surface area contributed by atoms with E-state index in [9.17, 15) is 28.6 Å². The first kappa shape index (κ1) is 17.6. The van der Waals surface area contributed by atoms with E-state index in [0.29, 0.717) is 0 Å². The van der Waals surface area contributed by atoms with Crippen molar-refractivity contribution in [3.8, 4) is 0 Å². The van der Waals surface area contributed by atoms with Crippen LogP contribution in [0.1, 0.15) is 0 Å². The van der Waals surface area contributed by atoms with Gasteiger partial charge in [-0.3, -0.25) is 33.5 Å². The van der Waals surface area contributed by atoms with E-state index < -0.39 is 30.5 Å². The molecule has 124 valence electrons. The van der Waals surface area contributed by atoms with Crippen molar-refractivity contribution in [2.45, 2.75) is 0 Å². The standard InChI is InChI=1S/C12H13ClN3O6P/c13-23(21,22)14(5-7-15-9(17)1-2-10(15)18)6-8-16-11(19)3-4-12(16)20/h1-4H,5-8H2,(H,21,22). The van der Waals surface area contributed by atoms with E-state index in [1.54, 1.807) is 0 Å². The molecular weight excluding hydrogens is 349 g/mol. The SMILES string of the molecule is O=C1C=CC(=O)N1CCN(CCN1C(=O)C=CC1=O)P(=O)(O)Cl. The van der Waals surface area contributed by atoms with Crippen molar-refractivity contribution in [3.63, 3.8) is 0 Å². The smallest absolute Gasteiger partial charge is 0.322 e. The fourth-order valence-electron chi connectivity index (χ4n) is 2.09. The van der Waals surface area contributed by atoms with Crippen LogP contribution in [0.5, 0.6) is 0 Å². The molecule has 1 unspecified atom stereocenters. The van der Waals surface area contributed by atoms with E-state index in [-0.39, 0.29) is 26.2 Å². The van der Waals surface area contributed by atoms with Gasteiger partial charge in [-0.25, -0.2) is 4.67 Å². The number of imide groups is 2. The van der Waals surface area contributed by atoms with E-state index >= 15 is 0 Å². The molecule has 23 heavy (non-hydrogen) atoms. The Morgan fingerprint density at radius 3 is 1.43 bits per heavy atom. The highest BCUT2D eigenvalue weighted by Crippen LogP contribution is 2.50. The van der Waals surface area contributed by atoms with Crippen molar-refractivity contribution in [2.24, 2.45) is 0 Å². The minimum atomic E-state index is -4.20. The lowest BCUT2D eigenvalue weighted by Crippen LogP contribution is -2.41. The van der Waals surface area contributed by atoms with Gasteiger partial charge in [-0.1, -0.05) is 0 Å². The number of amides is 4. The Kier molecular flexibility index (Phi) is 5.16. The average molecular weight is 362 g/mol. The summed E-state index contributed by atoms with van der Waals surface area (Å²) in [6.07, 6.45) is 4.39. The van der Waals surface area contributed by atoms with Gasteiger partial charge in [0.05, 0.1) is 0 Å². The van der Waals surface area contributed by atoms with E-state index in [1.165, 1.54) is 0 Å². The fraction of sp³-hybridized carbons (Fsp3) is 0.333. The second-order valence-electron chi connectivity index (χ2n) is 4.75. The molecule has 1 atom stereocenters. The number of hydrogen-bond acceptors (Lipinski definition) is 5. The first-order valence-corrected chi connectivity index (χ1v) is 9.07. The van der Waals surface area contributed by atoms with Gasteiger partial charge in [0.2, 0.25) is 0 Å². The van der Waals surface area contributed by atoms with Crippen LogP contribution < -0.4 is 0 Å². The third-order valence-electron chi connectivity index (χ3n) is 3.31. The van der Waals surface area contributed by atoms with Crippen molar-refractivity contribution in [3.05, 3.63) is 24.3 Å². The highest BCUT2D eigenvalue weighted by molar-refractivity contribution is 7.82. The highest BCUT2D eigenvalue weighted by atomic mass is 35.7. The molecule has 0 aromatic carbocycles. The van der Waals surface area contributed by atoms with E-state index in [1.807, 2.05) is 0 Å². The third kappa shape index (κ3) is 4.14. The van der Waals surface area contributed by atoms with Crippen molar-refractivity contribution in [1.29, 1.82) is 0 Å². The predicted molar refractivity (Wildman–Crippen MR) is 79.0 cm³/mol. The molecule has 2 rings (SSSR count). The van der Waals surface area contributed by atoms with Crippen LogP contribution in [0.2, 0.25) is 0 Å². The molecule has 0 aliphatic carbocycles. The summed E-state index contributed by atoms with van der Waals surface area (Å²) in [6.45, 7) is -4.81. The lowest BCUT2D eigenvalue weighted by atomic mass is 10.4. The maximum absolute atomic E-state index is 11.7. The summed E-state index contributed by atoms with van der Waals surface area (Å²) < 4.78 is 12.6. The lowest BCUT2D eigenvalue weighted by Gasteiger charge is -2.26. The van der Waals surface area contributed by atoms with Crippen molar-refractivity contribution >= 4 is 41.7 Å². The molecule has 0 bridgehead atoms. The number of hydrogen-bond donors (Lipinski definition) is 1. The van der Waals surface area contributed by atoms with E-state index in [2.05, 4.69) is 0 Å². The van der Waals surface area contributed by atoms with Gasteiger partial charge in [0.1, 0.15) is 0 Å². The van der Waals surface area contributed by atoms with Crippen molar-refractivity contribution in [1.82, 2.24) is 14.5 Å². The molecule has 4 amide bonds. The summed E-state index contributed by atoms with van der Waals surface area (Å²) in [5.41, 5.74) is 0. The number of carbonyl (C=O) groups excluding carboxylic acids is 4. The molecule has 2 aliphatic heterocycles. The molecule has 0 saturated carbocycles. The Labute approximate surface area is 136 Å². The molecule has 0 fully saturated rings. The fourth-order valence-corrected chi connectivity index (χ4v) is 3.22. The second kappa shape index (κ2) is 6.76. The summed E-state index contributed by atoms with van der Waals surface area (Å²) >= 11 is 5.44. The number of nitrogens with zero attached hydrogens (tertiary/aromatic N) is 3. The Balaban J connectivity index is 1.94. The molecular formula is C12H13ClN3O6P. The van der Waals surface area contributed by atoms with Crippen molar-refractivity contribution < 1.29 is 28.6 Å². The van der Waals surface area contributed by atoms with Gasteiger partial charge >= 0.3 is 6.87 Å². The quantitative estimate of drug-likeness (QED) is 0.479. The van der Waals surface area contributed by atoms with Crippen LogP contribution in [0, 0.1) is 0 Å². The summed E-state index contributed by atoms with van der Waals surface area (Å²) in [6, 6.07) is 0. The summed E-state index contributed by atoms with van der Waals surface area (Å²) in [7, 11) is 0. The molecule has 0 spiro atoms. The maximum Gasteiger partial charge on any atom is 0.360 e. The predicted octanol–water partition coefficient (Wildman–Crippen LogP) is -0.522. The Morgan fingerprint density at radius 1 is 0.870 bits per heavy atom. The summed E-state index contributed by atoms with van der Waals surface area (Å²) in [5, 5.41) is 0. The third-order valence-corrected chi connectivity index (χ3v) is 5.05. The zero-order chi connectivity index (χ0) is 17.2. The van der Waals surface area contributed by atoms with Gasteiger partial charge in [0, 0.05) is 50.5 Å². The maximum atomic E-state index is 11.7. The lowest BCUT2D eigenvalue weighted by molar-refractivity contribution is -0.137. The minimum Gasteiger partial charge on any atom is -0.322 e. The zero-order valence-electron chi connectivity index (χ0n) is 11.8. The molecule has 0 aromatic heterocycles. The largest absolute Gasteiger partial charge is 0.360 e. The van der Waals surface area contributed by atoms with Crippen LogP contribution >= 0.6 is 18.1 Å². The number of halogens is 1. The highest BCUT2D eigenvalue weighted by Gasteiger charge is 2.31. The van der Waals surface area contributed by atoms with E-state index in [4.69, 9.17) is 11.2 Å². The van der Waals surface area contributed by atoms with Gasteiger partial charge in [0.25, 0.3) is 23.6 Å². The van der Waals surface area contributed by atoms with Crippen LogP contribution in [-0.2, 0) is 23.7 Å². The molecule has 2 aliphatic rings. The summed E-state index contributed by atoms with van der Waals surface area (Å²) in [5.74, 6) is -2.09. The topological polar surface area (TPSA) is 115 Å². The Morgan fingerprint density at radius 2 is 1.17 bits per heavy atom. The number of rotatable bonds is 7. The average Bonchev–Trinajstić information content (AvgIpc) is 2.94. The Bertz CT molecular complexity index is 588. The first-order chi connectivity index (χ1) is 10.7. The van der Waals surface area contributed by atoms with Crippen molar-refractivity contribution in [2.75, 3.05) is 26.2 Å². The zero-order valence-corrected chi connectivity index (χ0v) is 13.4. The van der Waals surface area contributed by atoms with Gasteiger partial charge in [-0.05, 0) is 11.2 Å². The molecule has 0 saturated heterocycles. The van der Waals surface area contributed by atoms with Crippen LogP contribution in [0.4, 0.5) is 0 Å². The molecule has 2 heterocycles. The molecule has 9 nitrogen and oxygen atoms in total. The molecule has 0 radical (unpaired) electrons. The minimum absolute atomic E-state index is 0.137. The first-order valence-electron chi connectivity index (χ1n) is 6.55. The van der Waals surface area contributed by atoms with Crippen LogP contribution in [-0.4, -0.2) is 69.2 Å². The molecule has 1 N–H and O–H groups in total. The molecule has 0 aromatic rings. The number of carbonyl (C=O) groups is 4. The second-order valence-corrected chi connectivity index (χ2v) is 7.58. The van der Waals surface area contributed by atoms with Gasteiger partial charge < -0.3 is 4.89 Å². The van der Waals surface area contributed by atoms with Gasteiger partial charge in [0.15, 0.2) is 0 Å². The van der Waals surface area contributed by atoms with Crippen LogP contribution in [0.3, 0.4) is 0 Å². The monoisotopic (exact) mass is 361 g/mol. The molecule has 11 heteroatoms.